The number of hydrogen-bond donors (Lipinski definition) is 4. The fraction of sp³-hybridized carbons (Fsp3) is 0.705. The standard InChI is InChI=1S/C44H76O14P2/c1-3-5-7-9-11-13-15-17-18-20-22-24-26-28-30-34-44(48)58-42(39-57-60(52,53)56-37-41(46)36-55-59(49,50)51)38-54-43(47)35-31-33-40(45)32-29-27-25-23-21-19-16-14-12-10-8-6-4-2/h12-15,19,21,25,27,29,32,41-42,46H,3-11,16-18,20,22-24,26,28,30-31,33-39H2,1-2H3,(H,52,53)(H2,49,50,51)/b14-12-,15-13-,21-19-,27-25-,32-29+/t41-,42+/m0/s1. The first kappa shape index (κ1) is 57.5. The van der Waals surface area contributed by atoms with Gasteiger partial charge in [0.2, 0.25) is 0 Å². The molecule has 0 amide bonds. The summed E-state index contributed by atoms with van der Waals surface area (Å²) in [6.45, 7) is 1.44. The summed E-state index contributed by atoms with van der Waals surface area (Å²) < 4.78 is 47.5. The van der Waals surface area contributed by atoms with E-state index in [9.17, 15) is 33.5 Å². The number of rotatable bonds is 41. The van der Waals surface area contributed by atoms with Crippen molar-refractivity contribution < 1.29 is 66.3 Å². The molecule has 1 unspecified atom stereocenters. The maximum Gasteiger partial charge on any atom is 0.472 e. The molecule has 0 rings (SSSR count). The Morgan fingerprint density at radius 3 is 1.68 bits per heavy atom. The van der Waals surface area contributed by atoms with E-state index in [-0.39, 0.29) is 31.5 Å². The van der Waals surface area contributed by atoms with Crippen LogP contribution in [-0.4, -0.2) is 76.1 Å². The number of carbonyl (C=O) groups is 3. The van der Waals surface area contributed by atoms with Crippen molar-refractivity contribution in [1.82, 2.24) is 0 Å². The monoisotopic (exact) mass is 890 g/mol. The van der Waals surface area contributed by atoms with Crippen LogP contribution in [0.3, 0.4) is 0 Å². The van der Waals surface area contributed by atoms with Gasteiger partial charge in [0.1, 0.15) is 12.7 Å². The van der Waals surface area contributed by atoms with Crippen LogP contribution in [0.2, 0.25) is 0 Å². The zero-order valence-corrected chi connectivity index (χ0v) is 38.1. The van der Waals surface area contributed by atoms with Gasteiger partial charge in [-0.05, 0) is 70.3 Å². The van der Waals surface area contributed by atoms with Crippen LogP contribution in [0, 0.1) is 0 Å². The van der Waals surface area contributed by atoms with Crippen molar-refractivity contribution in [2.45, 2.75) is 174 Å². The second-order valence-electron chi connectivity index (χ2n) is 14.6. The molecule has 0 aromatic carbocycles. The first-order valence-electron chi connectivity index (χ1n) is 21.9. The SMILES string of the molecule is CCCCC/C=C\C/C=C\C/C=C\C=C\C(=O)CCCC(=O)OC[C@H](COP(=O)(O)OC[C@@H](O)COP(=O)(O)O)OC(=O)CCCCCCCCC/C=C\CCCCCC. The van der Waals surface area contributed by atoms with Gasteiger partial charge in [0.15, 0.2) is 11.9 Å². The number of allylic oxidation sites excluding steroid dienone is 10. The molecule has 0 aromatic heterocycles. The minimum atomic E-state index is -4.89. The molecule has 0 aliphatic carbocycles. The largest absolute Gasteiger partial charge is 0.472 e. The van der Waals surface area contributed by atoms with E-state index in [2.05, 4.69) is 59.4 Å². The number of phosphoric ester groups is 2. The Kier molecular flexibility index (Phi) is 37.7. The Labute approximate surface area is 359 Å². The molecule has 0 fully saturated rings. The lowest BCUT2D eigenvalue weighted by Crippen LogP contribution is -2.30. The zero-order valence-electron chi connectivity index (χ0n) is 36.3. The zero-order chi connectivity index (χ0) is 44.6. The number of aliphatic hydroxyl groups is 1. The third kappa shape index (κ3) is 42.2. The molecule has 0 aliphatic rings. The summed E-state index contributed by atoms with van der Waals surface area (Å²) in [5, 5.41) is 9.74. The summed E-state index contributed by atoms with van der Waals surface area (Å²) in [4.78, 5) is 64.9. The molecule has 4 N–H and O–H groups in total. The number of hydrogen-bond acceptors (Lipinski definition) is 11. The molecular weight excluding hydrogens is 814 g/mol. The highest BCUT2D eigenvalue weighted by Crippen LogP contribution is 2.43. The van der Waals surface area contributed by atoms with Crippen LogP contribution in [0.25, 0.3) is 0 Å². The predicted molar refractivity (Wildman–Crippen MR) is 235 cm³/mol. The fourth-order valence-electron chi connectivity index (χ4n) is 5.47. The maximum atomic E-state index is 12.7. The molecule has 0 radical (unpaired) electrons. The molecule has 0 spiro atoms. The summed E-state index contributed by atoms with van der Waals surface area (Å²) in [5.41, 5.74) is 0. The number of ketones is 1. The van der Waals surface area contributed by atoms with Crippen LogP contribution < -0.4 is 0 Å². The molecule has 3 atom stereocenters. The fourth-order valence-corrected chi connectivity index (χ4v) is 6.63. The van der Waals surface area contributed by atoms with Crippen LogP contribution in [0.5, 0.6) is 0 Å². The van der Waals surface area contributed by atoms with Crippen molar-refractivity contribution in [2.24, 2.45) is 0 Å². The molecule has 0 saturated carbocycles. The molecule has 0 bridgehead atoms. The molecule has 14 nitrogen and oxygen atoms in total. The third-order valence-electron chi connectivity index (χ3n) is 8.85. The van der Waals surface area contributed by atoms with Gasteiger partial charge in [-0.15, -0.1) is 0 Å². The van der Waals surface area contributed by atoms with Crippen LogP contribution in [-0.2, 0) is 46.6 Å². The maximum absolute atomic E-state index is 12.7. The van der Waals surface area contributed by atoms with Crippen molar-refractivity contribution in [3.63, 3.8) is 0 Å². The van der Waals surface area contributed by atoms with E-state index in [1.54, 1.807) is 12.2 Å². The molecule has 0 saturated heterocycles. The molecule has 0 aliphatic heterocycles. The summed E-state index contributed by atoms with van der Waals surface area (Å²) >= 11 is 0. The van der Waals surface area contributed by atoms with Crippen LogP contribution in [0.15, 0.2) is 60.8 Å². The quantitative estimate of drug-likeness (QED) is 0.0112. The lowest BCUT2D eigenvalue weighted by Gasteiger charge is -2.20. The highest BCUT2D eigenvalue weighted by atomic mass is 31.2. The van der Waals surface area contributed by atoms with E-state index in [4.69, 9.17) is 23.8 Å². The van der Waals surface area contributed by atoms with Gasteiger partial charge in [-0.3, -0.25) is 28.0 Å². The first-order valence-corrected chi connectivity index (χ1v) is 25.0. The Hall–Kier alpha value is -2.51. The predicted octanol–water partition coefficient (Wildman–Crippen LogP) is 10.4. The second kappa shape index (κ2) is 39.3. The summed E-state index contributed by atoms with van der Waals surface area (Å²) in [5.74, 6) is -1.46. The average Bonchev–Trinajstić information content (AvgIpc) is 3.20. The number of aliphatic hydroxyl groups excluding tert-OH is 1. The summed E-state index contributed by atoms with van der Waals surface area (Å²) in [6.07, 6.45) is 37.9. The Balaban J connectivity index is 4.71. The van der Waals surface area contributed by atoms with Crippen LogP contribution in [0.4, 0.5) is 0 Å². The Morgan fingerprint density at radius 1 is 0.533 bits per heavy atom. The summed E-state index contributed by atoms with van der Waals surface area (Å²) in [7, 11) is -9.75. The molecule has 0 aromatic rings. The summed E-state index contributed by atoms with van der Waals surface area (Å²) in [6, 6.07) is 0. The van der Waals surface area contributed by atoms with Gasteiger partial charge in [-0.2, -0.15) is 0 Å². The number of carbonyl (C=O) groups excluding carboxylic acids is 3. The van der Waals surface area contributed by atoms with Gasteiger partial charge in [-0.1, -0.05) is 133 Å². The van der Waals surface area contributed by atoms with Gasteiger partial charge in [0, 0.05) is 19.3 Å². The third-order valence-corrected chi connectivity index (χ3v) is 10.3. The normalized spacial score (nSPS) is 14.5. The molecular formula is C44H76O14P2. The Bertz CT molecular complexity index is 1350. The van der Waals surface area contributed by atoms with Crippen molar-refractivity contribution >= 4 is 33.4 Å². The Morgan fingerprint density at radius 2 is 1.03 bits per heavy atom. The average molecular weight is 891 g/mol. The lowest BCUT2D eigenvalue weighted by atomic mass is 10.1. The van der Waals surface area contributed by atoms with E-state index in [1.807, 2.05) is 6.08 Å². The van der Waals surface area contributed by atoms with Crippen molar-refractivity contribution in [3.05, 3.63) is 60.8 Å². The van der Waals surface area contributed by atoms with E-state index in [0.29, 0.717) is 6.42 Å². The first-order chi connectivity index (χ1) is 28.8. The number of esters is 2. The van der Waals surface area contributed by atoms with E-state index < -0.39 is 66.2 Å². The number of unbranched alkanes of at least 4 members (excludes halogenated alkanes) is 14. The molecule has 60 heavy (non-hydrogen) atoms. The molecule has 0 heterocycles. The molecule has 16 heteroatoms. The molecule has 346 valence electrons. The topological polar surface area (TPSA) is 212 Å². The minimum Gasteiger partial charge on any atom is -0.462 e. The number of phosphoric acid groups is 2. The highest BCUT2D eigenvalue weighted by Gasteiger charge is 2.28. The van der Waals surface area contributed by atoms with Crippen molar-refractivity contribution in [1.29, 1.82) is 0 Å². The van der Waals surface area contributed by atoms with E-state index in [0.717, 1.165) is 70.6 Å². The minimum absolute atomic E-state index is 0.0743. The van der Waals surface area contributed by atoms with Gasteiger partial charge >= 0.3 is 27.6 Å². The van der Waals surface area contributed by atoms with Crippen molar-refractivity contribution in [2.75, 3.05) is 26.4 Å². The van der Waals surface area contributed by atoms with Gasteiger partial charge < -0.3 is 29.3 Å². The lowest BCUT2D eigenvalue weighted by molar-refractivity contribution is -0.161. The van der Waals surface area contributed by atoms with E-state index >= 15 is 0 Å². The van der Waals surface area contributed by atoms with Crippen LogP contribution in [0.1, 0.15) is 162 Å². The van der Waals surface area contributed by atoms with Crippen LogP contribution >= 0.6 is 15.6 Å². The van der Waals surface area contributed by atoms with Gasteiger partial charge in [0.05, 0.1) is 19.8 Å². The smallest absolute Gasteiger partial charge is 0.462 e. The second-order valence-corrected chi connectivity index (χ2v) is 17.3. The van der Waals surface area contributed by atoms with Crippen molar-refractivity contribution in [3.8, 4) is 0 Å². The van der Waals surface area contributed by atoms with Gasteiger partial charge in [0.25, 0.3) is 0 Å². The number of ether oxygens (including phenoxy) is 2. The highest BCUT2D eigenvalue weighted by molar-refractivity contribution is 7.47. The van der Waals surface area contributed by atoms with Gasteiger partial charge in [-0.25, -0.2) is 9.13 Å². The van der Waals surface area contributed by atoms with E-state index in [1.165, 1.54) is 51.0 Å².